The number of Topliss-reactive ketones (excluding diaryl/α,β-unsaturated/α-hetero) is 2. The van der Waals surface area contributed by atoms with Crippen molar-refractivity contribution in [2.24, 2.45) is 0 Å². The summed E-state index contributed by atoms with van der Waals surface area (Å²) in [7, 11) is 0. The lowest BCUT2D eigenvalue weighted by atomic mass is 10.2. The van der Waals surface area contributed by atoms with Crippen molar-refractivity contribution in [3.05, 3.63) is 0 Å². The van der Waals surface area contributed by atoms with E-state index in [1.165, 1.54) is 23.5 Å². The van der Waals surface area contributed by atoms with Crippen molar-refractivity contribution in [3.63, 3.8) is 0 Å². The molecular weight excluding hydrogens is 180 g/mol. The number of hydrogen-bond donors (Lipinski definition) is 0. The maximum absolute atomic E-state index is 10.9. The zero-order valence-corrected chi connectivity index (χ0v) is 8.39. The Kier molecular flexibility index (Phi) is 6.76. The molecule has 0 saturated heterocycles. The van der Waals surface area contributed by atoms with Gasteiger partial charge in [0.2, 0.25) is 0 Å². The smallest absolute Gasteiger partial charge is 0.150 e. The van der Waals surface area contributed by atoms with Crippen LogP contribution in [0.5, 0.6) is 0 Å². The van der Waals surface area contributed by atoms with E-state index >= 15 is 0 Å². The lowest BCUT2D eigenvalue weighted by Crippen LogP contribution is -2.11. The molecule has 0 fully saturated rings. The van der Waals surface area contributed by atoms with E-state index in [0.717, 1.165) is 0 Å². The van der Waals surface area contributed by atoms with E-state index in [0.29, 0.717) is 11.5 Å². The van der Waals surface area contributed by atoms with E-state index in [4.69, 9.17) is 0 Å². The Balaban J connectivity index is 3.49. The van der Waals surface area contributed by atoms with Gasteiger partial charge in [0.15, 0.2) is 0 Å². The summed E-state index contributed by atoms with van der Waals surface area (Å²) in [5.41, 5.74) is 0. The van der Waals surface area contributed by atoms with Crippen LogP contribution in [0, 0.1) is 0 Å². The molecule has 0 radical (unpaired) electrons. The SMILES string of the molecule is CSCC(=O)CC(=O)CSC. The normalized spacial score (nSPS) is 9.64. The highest BCUT2D eigenvalue weighted by molar-refractivity contribution is 7.99. The molecule has 4 heteroatoms. The van der Waals surface area contributed by atoms with Gasteiger partial charge in [0.1, 0.15) is 11.6 Å². The summed E-state index contributed by atoms with van der Waals surface area (Å²) in [5.74, 6) is 0.994. The maximum Gasteiger partial charge on any atom is 0.150 e. The second-order valence-corrected chi connectivity index (χ2v) is 3.85. The van der Waals surface area contributed by atoms with Gasteiger partial charge in [0.25, 0.3) is 0 Å². The van der Waals surface area contributed by atoms with Crippen LogP contribution in [0.4, 0.5) is 0 Å². The van der Waals surface area contributed by atoms with Crippen LogP contribution in [0.2, 0.25) is 0 Å². The minimum Gasteiger partial charge on any atom is -0.298 e. The molecule has 0 aliphatic rings. The molecule has 0 rings (SSSR count). The molecule has 0 saturated carbocycles. The summed E-state index contributed by atoms with van der Waals surface area (Å²) in [5, 5.41) is 0. The van der Waals surface area contributed by atoms with Crippen molar-refractivity contribution in [2.75, 3.05) is 24.0 Å². The molecule has 0 aliphatic heterocycles. The topological polar surface area (TPSA) is 34.1 Å². The van der Waals surface area contributed by atoms with E-state index in [1.807, 2.05) is 12.5 Å². The van der Waals surface area contributed by atoms with E-state index in [9.17, 15) is 9.59 Å². The van der Waals surface area contributed by atoms with E-state index in [2.05, 4.69) is 0 Å². The fourth-order valence-electron chi connectivity index (χ4n) is 0.644. The number of rotatable bonds is 6. The Hall–Kier alpha value is 0.0400. The van der Waals surface area contributed by atoms with E-state index in [1.54, 1.807) is 0 Å². The molecule has 0 aliphatic carbocycles. The van der Waals surface area contributed by atoms with Gasteiger partial charge in [-0.2, -0.15) is 23.5 Å². The molecule has 0 N–H and O–H groups in total. The van der Waals surface area contributed by atoms with Gasteiger partial charge in [0, 0.05) is 0 Å². The third-order valence-electron chi connectivity index (χ3n) is 1.00. The lowest BCUT2D eigenvalue weighted by molar-refractivity contribution is -0.124. The largest absolute Gasteiger partial charge is 0.298 e. The average molecular weight is 192 g/mol. The van der Waals surface area contributed by atoms with Gasteiger partial charge in [-0.3, -0.25) is 9.59 Å². The summed E-state index contributed by atoms with van der Waals surface area (Å²) in [6, 6.07) is 0. The van der Waals surface area contributed by atoms with Crippen LogP contribution in [-0.4, -0.2) is 35.6 Å². The van der Waals surface area contributed by atoms with Crippen molar-refractivity contribution < 1.29 is 9.59 Å². The first-order chi connectivity index (χ1) is 5.20. The second kappa shape index (κ2) is 6.73. The molecular formula is C7H12O2S2. The first-order valence-corrected chi connectivity index (χ1v) is 6.00. The van der Waals surface area contributed by atoms with Gasteiger partial charge < -0.3 is 0 Å². The molecule has 2 nitrogen and oxygen atoms in total. The van der Waals surface area contributed by atoms with Crippen molar-refractivity contribution in [1.29, 1.82) is 0 Å². The quantitative estimate of drug-likeness (QED) is 0.593. The Morgan fingerprint density at radius 1 is 1.00 bits per heavy atom. The summed E-state index contributed by atoms with van der Waals surface area (Å²) in [4.78, 5) is 21.8. The number of ketones is 2. The minimum atomic E-state index is 0.0385. The monoisotopic (exact) mass is 192 g/mol. The average Bonchev–Trinajstić information content (AvgIpc) is 1.87. The molecule has 64 valence electrons. The first kappa shape index (κ1) is 11.0. The first-order valence-electron chi connectivity index (χ1n) is 3.22. The fourth-order valence-corrected chi connectivity index (χ4v) is 1.49. The van der Waals surface area contributed by atoms with Gasteiger partial charge in [-0.05, 0) is 12.5 Å². The van der Waals surface area contributed by atoms with Crippen LogP contribution in [0.25, 0.3) is 0 Å². The molecule has 0 amide bonds. The molecule has 0 heterocycles. The molecule has 0 aromatic rings. The van der Waals surface area contributed by atoms with E-state index in [-0.39, 0.29) is 18.0 Å². The number of hydrogen-bond acceptors (Lipinski definition) is 4. The molecule has 11 heavy (non-hydrogen) atoms. The molecule has 0 unspecified atom stereocenters. The standard InChI is InChI=1S/C7H12O2S2/c1-10-4-6(8)3-7(9)5-11-2/h3-5H2,1-2H3. The number of carbonyl (C=O) groups is 2. The fraction of sp³-hybridized carbons (Fsp3) is 0.714. The van der Waals surface area contributed by atoms with Crippen LogP contribution in [0.15, 0.2) is 0 Å². The predicted molar refractivity (Wildman–Crippen MR) is 51.4 cm³/mol. The summed E-state index contributed by atoms with van der Waals surface area (Å²) >= 11 is 2.92. The Morgan fingerprint density at radius 2 is 1.36 bits per heavy atom. The van der Waals surface area contributed by atoms with Crippen molar-refractivity contribution in [1.82, 2.24) is 0 Å². The van der Waals surface area contributed by atoms with Crippen LogP contribution < -0.4 is 0 Å². The molecule has 0 aromatic heterocycles. The summed E-state index contributed by atoms with van der Waals surface area (Å²) < 4.78 is 0. The third kappa shape index (κ3) is 6.44. The zero-order valence-electron chi connectivity index (χ0n) is 6.75. The second-order valence-electron chi connectivity index (χ2n) is 2.12. The highest BCUT2D eigenvalue weighted by Gasteiger charge is 2.07. The third-order valence-corrected chi connectivity index (χ3v) is 2.23. The van der Waals surface area contributed by atoms with Gasteiger partial charge in [-0.25, -0.2) is 0 Å². The molecule has 0 aromatic carbocycles. The summed E-state index contributed by atoms with van der Waals surface area (Å²) in [6.07, 6.45) is 3.83. The Labute approximate surface area is 75.5 Å². The van der Waals surface area contributed by atoms with E-state index < -0.39 is 0 Å². The van der Waals surface area contributed by atoms with Crippen molar-refractivity contribution in [3.8, 4) is 0 Å². The predicted octanol–water partition coefficient (Wildman–Crippen LogP) is 1.24. The number of carbonyl (C=O) groups excluding carboxylic acids is 2. The van der Waals surface area contributed by atoms with Gasteiger partial charge in [0.05, 0.1) is 17.9 Å². The van der Waals surface area contributed by atoms with Gasteiger partial charge in [-0.1, -0.05) is 0 Å². The van der Waals surface area contributed by atoms with Crippen molar-refractivity contribution >= 4 is 35.1 Å². The number of thioether (sulfide) groups is 2. The summed E-state index contributed by atoms with van der Waals surface area (Å²) in [6.45, 7) is 0. The lowest BCUT2D eigenvalue weighted by Gasteiger charge is -1.95. The molecule has 0 atom stereocenters. The van der Waals surface area contributed by atoms with Crippen LogP contribution in [0.3, 0.4) is 0 Å². The highest BCUT2D eigenvalue weighted by Crippen LogP contribution is 1.99. The van der Waals surface area contributed by atoms with Crippen LogP contribution in [-0.2, 0) is 9.59 Å². The van der Waals surface area contributed by atoms with Crippen LogP contribution in [0.1, 0.15) is 6.42 Å². The highest BCUT2D eigenvalue weighted by atomic mass is 32.2. The molecule has 0 spiro atoms. The Bertz CT molecular complexity index is 129. The minimum absolute atomic E-state index is 0.0385. The zero-order chi connectivity index (χ0) is 8.69. The van der Waals surface area contributed by atoms with Gasteiger partial charge >= 0.3 is 0 Å². The van der Waals surface area contributed by atoms with Crippen LogP contribution >= 0.6 is 23.5 Å². The Morgan fingerprint density at radius 3 is 1.64 bits per heavy atom. The maximum atomic E-state index is 10.9. The van der Waals surface area contributed by atoms with Gasteiger partial charge in [-0.15, -0.1) is 0 Å². The molecule has 0 bridgehead atoms. The van der Waals surface area contributed by atoms with Crippen molar-refractivity contribution in [2.45, 2.75) is 6.42 Å².